The number of hydrogen-bond acceptors (Lipinski definition) is 3. The van der Waals surface area contributed by atoms with Crippen LogP contribution in [0.3, 0.4) is 0 Å². The third-order valence-electron chi connectivity index (χ3n) is 2.89. The maximum absolute atomic E-state index is 12.2. The quantitative estimate of drug-likeness (QED) is 0.794. The normalized spacial score (nSPS) is 12.3. The molecule has 0 aliphatic rings. The van der Waals surface area contributed by atoms with Gasteiger partial charge in [-0.3, -0.25) is 9.59 Å². The Morgan fingerprint density at radius 2 is 1.70 bits per heavy atom. The van der Waals surface area contributed by atoms with Gasteiger partial charge in [-0.15, -0.1) is 0 Å². The molecule has 0 heterocycles. The molecule has 8 heteroatoms. The first-order chi connectivity index (χ1) is 10.4. The van der Waals surface area contributed by atoms with Gasteiger partial charge >= 0.3 is 12.1 Å². The molecule has 0 aliphatic heterocycles. The van der Waals surface area contributed by atoms with E-state index in [1.165, 1.54) is 12.1 Å². The summed E-state index contributed by atoms with van der Waals surface area (Å²) in [7, 11) is 0. The van der Waals surface area contributed by atoms with Crippen molar-refractivity contribution in [3.63, 3.8) is 0 Å². The number of benzene rings is 1. The first-order valence-electron chi connectivity index (χ1n) is 6.78. The van der Waals surface area contributed by atoms with E-state index in [2.05, 4.69) is 0 Å². The van der Waals surface area contributed by atoms with Crippen LogP contribution in [0.2, 0.25) is 0 Å². The number of carbonyl (C=O) groups excluding carboxylic acids is 1. The van der Waals surface area contributed by atoms with Crippen molar-refractivity contribution in [3.05, 3.63) is 35.4 Å². The minimum atomic E-state index is -4.32. The molecule has 1 rings (SSSR count). The molecule has 1 aromatic carbocycles. The second-order valence-corrected chi connectivity index (χ2v) is 5.58. The van der Waals surface area contributed by atoms with Gasteiger partial charge in [-0.05, 0) is 41.6 Å². The zero-order valence-corrected chi connectivity index (χ0v) is 13.5. The van der Waals surface area contributed by atoms with Crippen LogP contribution in [-0.4, -0.2) is 22.4 Å². The largest absolute Gasteiger partial charge is 0.480 e. The lowest BCUT2D eigenvalue weighted by Gasteiger charge is -2.07. The summed E-state index contributed by atoms with van der Waals surface area (Å²) in [5.41, 5.74) is 5.13. The van der Waals surface area contributed by atoms with Crippen LogP contribution >= 0.6 is 11.6 Å². The van der Waals surface area contributed by atoms with Gasteiger partial charge in [0.25, 0.3) is 0 Å². The highest BCUT2D eigenvalue weighted by atomic mass is 35.5. The van der Waals surface area contributed by atoms with E-state index in [1.54, 1.807) is 13.8 Å². The molecular weight excluding hydrogens is 335 g/mol. The molecule has 3 N–H and O–H groups in total. The van der Waals surface area contributed by atoms with E-state index in [4.69, 9.17) is 22.4 Å². The number of carboxylic acid groups (broad SMARTS) is 1. The zero-order valence-electron chi connectivity index (χ0n) is 12.7. The fraction of sp³-hybridized carbons (Fsp3) is 0.467. The van der Waals surface area contributed by atoms with Crippen molar-refractivity contribution in [2.45, 2.75) is 38.9 Å². The molecule has 0 saturated heterocycles. The van der Waals surface area contributed by atoms with Crippen LogP contribution in [-0.2, 0) is 22.2 Å². The number of carboxylic acids is 1. The van der Waals surface area contributed by atoms with Crippen molar-refractivity contribution >= 4 is 22.8 Å². The molecule has 0 aromatic heterocycles. The van der Waals surface area contributed by atoms with E-state index in [9.17, 15) is 22.8 Å². The second kappa shape index (κ2) is 9.52. The summed E-state index contributed by atoms with van der Waals surface area (Å²) in [4.78, 5) is 20.4. The maximum atomic E-state index is 12.2. The number of carbonyl (C=O) groups is 2. The molecule has 4 nitrogen and oxygen atoms in total. The van der Waals surface area contributed by atoms with Gasteiger partial charge in [0, 0.05) is 6.42 Å². The standard InChI is InChI=1S/C10H8ClF3O.C5H11NO2/c11-9(15)6-3-7-1-4-8(5-2-7)10(12,13)14;1-3(2)4(6)5(7)8/h1-2,4-5H,3,6H2;3-4H,6H2,1-2H3,(H,7,8)/t;4-/m.0/s1. The SMILES string of the molecule is CC(C)[C@H](N)C(=O)O.O=C(Cl)CCc1ccc(C(F)(F)F)cc1. The average Bonchev–Trinajstić information content (AvgIpc) is 2.44. The molecule has 0 saturated carbocycles. The predicted molar refractivity (Wildman–Crippen MR) is 81.1 cm³/mol. The minimum Gasteiger partial charge on any atom is -0.480 e. The maximum Gasteiger partial charge on any atom is 0.416 e. The summed E-state index contributed by atoms with van der Waals surface area (Å²) in [5.74, 6) is -0.910. The van der Waals surface area contributed by atoms with Crippen molar-refractivity contribution in [2.24, 2.45) is 11.7 Å². The van der Waals surface area contributed by atoms with Gasteiger partial charge in [-0.1, -0.05) is 26.0 Å². The van der Waals surface area contributed by atoms with E-state index >= 15 is 0 Å². The zero-order chi connectivity index (χ0) is 18.2. The molecule has 0 unspecified atom stereocenters. The Kier molecular flexibility index (Phi) is 8.86. The van der Waals surface area contributed by atoms with E-state index < -0.39 is 29.0 Å². The Morgan fingerprint density at radius 1 is 1.22 bits per heavy atom. The highest BCUT2D eigenvalue weighted by molar-refractivity contribution is 6.63. The minimum absolute atomic E-state index is 0.0208. The third kappa shape index (κ3) is 9.20. The summed E-state index contributed by atoms with van der Waals surface area (Å²) in [6, 6.07) is 3.97. The van der Waals surface area contributed by atoms with Crippen LogP contribution < -0.4 is 5.73 Å². The van der Waals surface area contributed by atoms with E-state index in [-0.39, 0.29) is 12.3 Å². The summed E-state index contributed by atoms with van der Waals surface area (Å²) < 4.78 is 36.5. The Bertz CT molecular complexity index is 516. The van der Waals surface area contributed by atoms with Crippen LogP contribution in [0.4, 0.5) is 13.2 Å². The monoisotopic (exact) mass is 353 g/mol. The van der Waals surface area contributed by atoms with Crippen molar-refractivity contribution in [3.8, 4) is 0 Å². The lowest BCUT2D eigenvalue weighted by Crippen LogP contribution is -2.34. The molecular formula is C15H19ClF3NO3. The average molecular weight is 354 g/mol. The highest BCUT2D eigenvalue weighted by Gasteiger charge is 2.29. The third-order valence-corrected chi connectivity index (χ3v) is 3.08. The Balaban J connectivity index is 0.000000515. The van der Waals surface area contributed by atoms with Crippen LogP contribution in [0, 0.1) is 5.92 Å². The second-order valence-electron chi connectivity index (χ2n) is 5.16. The highest BCUT2D eigenvalue weighted by Crippen LogP contribution is 2.29. The molecule has 0 fully saturated rings. The van der Waals surface area contributed by atoms with Crippen molar-refractivity contribution in [1.82, 2.24) is 0 Å². The molecule has 0 amide bonds. The number of alkyl halides is 3. The van der Waals surface area contributed by atoms with E-state index in [0.29, 0.717) is 12.0 Å². The smallest absolute Gasteiger partial charge is 0.416 e. The first kappa shape index (κ1) is 21.4. The molecule has 0 radical (unpaired) electrons. The van der Waals surface area contributed by atoms with Gasteiger partial charge in [-0.25, -0.2) is 0 Å². The number of hydrogen-bond donors (Lipinski definition) is 2. The predicted octanol–water partition coefficient (Wildman–Crippen LogP) is 3.46. The number of rotatable bonds is 5. The van der Waals surface area contributed by atoms with Gasteiger partial charge in [0.2, 0.25) is 5.24 Å². The van der Waals surface area contributed by atoms with Gasteiger partial charge < -0.3 is 10.8 Å². The van der Waals surface area contributed by atoms with Gasteiger partial charge in [0.1, 0.15) is 6.04 Å². The lowest BCUT2D eigenvalue weighted by molar-refractivity contribution is -0.139. The fourth-order valence-electron chi connectivity index (χ4n) is 1.39. The number of halogens is 4. The van der Waals surface area contributed by atoms with E-state index in [0.717, 1.165) is 12.1 Å². The van der Waals surface area contributed by atoms with Crippen LogP contribution in [0.15, 0.2) is 24.3 Å². The van der Waals surface area contributed by atoms with Crippen molar-refractivity contribution < 1.29 is 27.9 Å². The van der Waals surface area contributed by atoms with E-state index in [1.807, 2.05) is 0 Å². The molecule has 130 valence electrons. The molecule has 0 bridgehead atoms. The first-order valence-corrected chi connectivity index (χ1v) is 7.15. The molecule has 0 spiro atoms. The number of nitrogens with two attached hydrogens (primary N) is 1. The van der Waals surface area contributed by atoms with Crippen molar-refractivity contribution in [2.75, 3.05) is 0 Å². The Morgan fingerprint density at radius 3 is 1.96 bits per heavy atom. The van der Waals surface area contributed by atoms with Crippen LogP contribution in [0.25, 0.3) is 0 Å². The molecule has 23 heavy (non-hydrogen) atoms. The molecule has 0 aliphatic carbocycles. The lowest BCUT2D eigenvalue weighted by atomic mass is 10.1. The fourth-order valence-corrected chi connectivity index (χ4v) is 1.48. The summed E-state index contributed by atoms with van der Waals surface area (Å²) in [5, 5.41) is 7.74. The number of aryl methyl sites for hydroxylation is 1. The Hall–Kier alpha value is -1.60. The van der Waals surface area contributed by atoms with Crippen LogP contribution in [0.5, 0.6) is 0 Å². The Labute approximate surface area is 137 Å². The summed E-state index contributed by atoms with van der Waals surface area (Å²) in [6.07, 6.45) is -3.83. The van der Waals surface area contributed by atoms with Gasteiger partial charge in [0.15, 0.2) is 0 Å². The molecule has 1 atom stereocenters. The van der Waals surface area contributed by atoms with Crippen molar-refractivity contribution in [1.29, 1.82) is 0 Å². The van der Waals surface area contributed by atoms with Crippen LogP contribution in [0.1, 0.15) is 31.4 Å². The summed E-state index contributed by atoms with van der Waals surface area (Å²) >= 11 is 5.11. The molecule has 1 aromatic rings. The van der Waals surface area contributed by atoms with Gasteiger partial charge in [-0.2, -0.15) is 13.2 Å². The summed E-state index contributed by atoms with van der Waals surface area (Å²) in [6.45, 7) is 3.55. The topological polar surface area (TPSA) is 80.4 Å². The van der Waals surface area contributed by atoms with Gasteiger partial charge in [0.05, 0.1) is 5.56 Å². The number of aliphatic carboxylic acids is 1.